The lowest BCUT2D eigenvalue weighted by Crippen LogP contribution is -2.01. The van der Waals surface area contributed by atoms with Crippen LogP contribution in [0.5, 0.6) is 0 Å². The molecule has 0 amide bonds. The summed E-state index contributed by atoms with van der Waals surface area (Å²) in [5.41, 5.74) is 5.39. The van der Waals surface area contributed by atoms with E-state index in [4.69, 9.17) is 5.73 Å². The van der Waals surface area contributed by atoms with Gasteiger partial charge in [-0.2, -0.15) is 5.10 Å². The van der Waals surface area contributed by atoms with Gasteiger partial charge in [0.05, 0.1) is 6.20 Å². The van der Waals surface area contributed by atoms with E-state index in [0.29, 0.717) is 0 Å². The Morgan fingerprint density at radius 3 is 2.56 bits per heavy atom. The van der Waals surface area contributed by atoms with E-state index in [2.05, 4.69) is 5.10 Å². The third-order valence-electron chi connectivity index (χ3n) is 2.38. The van der Waals surface area contributed by atoms with Crippen LogP contribution >= 0.6 is 0 Å². The Balaban J connectivity index is 2.36. The summed E-state index contributed by atoms with van der Waals surface area (Å²) in [4.78, 5) is 0.287. The molecular weight excluding hydrogens is 226 g/mol. The number of aryl methyl sites for hydroxylation is 1. The van der Waals surface area contributed by atoms with Crippen LogP contribution in [0.2, 0.25) is 0 Å². The minimum Gasteiger partial charge on any atom is -0.330 e. The van der Waals surface area contributed by atoms with E-state index in [1.807, 2.05) is 0 Å². The Morgan fingerprint density at radius 1 is 1.31 bits per heavy atom. The molecular formula is C10H19N3O2S. The molecule has 5 nitrogen and oxygen atoms in total. The Morgan fingerprint density at radius 2 is 2.00 bits per heavy atom. The quantitative estimate of drug-likeness (QED) is 0.721. The largest absolute Gasteiger partial charge is 0.330 e. The van der Waals surface area contributed by atoms with Crippen LogP contribution in [0.15, 0.2) is 17.3 Å². The van der Waals surface area contributed by atoms with Crippen LogP contribution in [-0.2, 0) is 16.4 Å². The van der Waals surface area contributed by atoms with E-state index in [-0.39, 0.29) is 4.90 Å². The molecule has 1 aromatic heterocycles. The molecule has 0 saturated heterocycles. The number of aromatic nitrogens is 2. The Kier molecular flexibility index (Phi) is 4.95. The maximum Gasteiger partial charge on any atom is 0.178 e. The lowest BCUT2D eigenvalue weighted by atomic mass is 10.2. The highest BCUT2D eigenvalue weighted by molar-refractivity contribution is 7.90. The molecule has 0 radical (unpaired) electrons. The first kappa shape index (κ1) is 13.2. The Hall–Kier alpha value is -0.880. The van der Waals surface area contributed by atoms with E-state index >= 15 is 0 Å². The normalized spacial score (nSPS) is 11.9. The molecule has 0 aliphatic carbocycles. The number of unbranched alkanes of at least 4 members (excludes halogenated alkanes) is 3. The Labute approximate surface area is 96.6 Å². The van der Waals surface area contributed by atoms with Gasteiger partial charge in [-0.1, -0.05) is 12.8 Å². The highest BCUT2D eigenvalue weighted by atomic mass is 32.2. The standard InChI is InChI=1S/C10H19N3O2S/c1-16(14,15)10-8-12-13(9-10)7-5-3-2-4-6-11/h8-9H,2-7,11H2,1H3. The van der Waals surface area contributed by atoms with Crippen LogP contribution in [0, 0.1) is 0 Å². The molecule has 1 aromatic rings. The second-order valence-corrected chi connectivity index (χ2v) is 5.93. The minimum atomic E-state index is -3.12. The minimum absolute atomic E-state index is 0.287. The number of hydrogen-bond acceptors (Lipinski definition) is 4. The molecule has 1 rings (SSSR count). The number of nitrogens with zero attached hydrogens (tertiary/aromatic N) is 2. The van der Waals surface area contributed by atoms with Crippen LogP contribution < -0.4 is 5.73 Å². The van der Waals surface area contributed by atoms with E-state index in [0.717, 1.165) is 38.8 Å². The first-order valence-corrected chi connectivity index (χ1v) is 7.36. The molecule has 2 N–H and O–H groups in total. The summed E-state index contributed by atoms with van der Waals surface area (Å²) in [5.74, 6) is 0. The van der Waals surface area contributed by atoms with Crippen molar-refractivity contribution in [3.8, 4) is 0 Å². The van der Waals surface area contributed by atoms with Gasteiger partial charge in [-0.05, 0) is 19.4 Å². The molecule has 6 heteroatoms. The fourth-order valence-electron chi connectivity index (χ4n) is 1.43. The van der Waals surface area contributed by atoms with Gasteiger partial charge >= 0.3 is 0 Å². The molecule has 0 unspecified atom stereocenters. The van der Waals surface area contributed by atoms with E-state index < -0.39 is 9.84 Å². The molecule has 0 bridgehead atoms. The van der Waals surface area contributed by atoms with Crippen molar-refractivity contribution in [3.05, 3.63) is 12.4 Å². The van der Waals surface area contributed by atoms with Gasteiger partial charge in [0.25, 0.3) is 0 Å². The second kappa shape index (κ2) is 6.00. The number of rotatable bonds is 7. The van der Waals surface area contributed by atoms with Crippen molar-refractivity contribution in [1.82, 2.24) is 9.78 Å². The monoisotopic (exact) mass is 245 g/mol. The predicted octanol–water partition coefficient (Wildman–Crippen LogP) is 0.806. The maximum atomic E-state index is 11.2. The van der Waals surface area contributed by atoms with Crippen molar-refractivity contribution >= 4 is 9.84 Å². The SMILES string of the molecule is CS(=O)(=O)c1cnn(CCCCCCN)c1. The van der Waals surface area contributed by atoms with E-state index in [1.165, 1.54) is 12.5 Å². The summed E-state index contributed by atoms with van der Waals surface area (Å²) in [7, 11) is -3.12. The summed E-state index contributed by atoms with van der Waals surface area (Å²) in [6.45, 7) is 1.50. The van der Waals surface area contributed by atoms with Crippen LogP contribution in [0.1, 0.15) is 25.7 Å². The molecule has 92 valence electrons. The zero-order valence-corrected chi connectivity index (χ0v) is 10.4. The van der Waals surface area contributed by atoms with Gasteiger partial charge in [0.2, 0.25) is 0 Å². The summed E-state index contributed by atoms with van der Waals surface area (Å²) in [6, 6.07) is 0. The van der Waals surface area contributed by atoms with Crippen molar-refractivity contribution in [2.75, 3.05) is 12.8 Å². The lowest BCUT2D eigenvalue weighted by molar-refractivity contribution is 0.536. The average molecular weight is 245 g/mol. The first-order chi connectivity index (χ1) is 7.54. The third kappa shape index (κ3) is 4.32. The van der Waals surface area contributed by atoms with Gasteiger partial charge in [-0.25, -0.2) is 8.42 Å². The molecule has 0 aromatic carbocycles. The van der Waals surface area contributed by atoms with Gasteiger partial charge in [0, 0.05) is 19.0 Å². The molecule has 1 heterocycles. The molecule has 0 spiro atoms. The van der Waals surface area contributed by atoms with Crippen LogP contribution in [0.25, 0.3) is 0 Å². The van der Waals surface area contributed by atoms with Crippen LogP contribution in [0.3, 0.4) is 0 Å². The zero-order valence-electron chi connectivity index (χ0n) is 9.59. The van der Waals surface area contributed by atoms with Crippen molar-refractivity contribution in [2.24, 2.45) is 5.73 Å². The predicted molar refractivity (Wildman–Crippen MR) is 62.9 cm³/mol. The van der Waals surface area contributed by atoms with Gasteiger partial charge in [-0.3, -0.25) is 4.68 Å². The van der Waals surface area contributed by atoms with E-state index in [9.17, 15) is 8.42 Å². The van der Waals surface area contributed by atoms with Crippen LogP contribution in [-0.4, -0.2) is 31.0 Å². The van der Waals surface area contributed by atoms with Gasteiger partial charge in [-0.15, -0.1) is 0 Å². The highest BCUT2D eigenvalue weighted by Gasteiger charge is 2.09. The fourth-order valence-corrected chi connectivity index (χ4v) is 1.98. The molecule has 0 fully saturated rings. The van der Waals surface area contributed by atoms with Crippen molar-refractivity contribution < 1.29 is 8.42 Å². The van der Waals surface area contributed by atoms with Gasteiger partial charge in [0.1, 0.15) is 4.90 Å². The molecule has 0 aliphatic rings. The molecule has 0 saturated carbocycles. The molecule has 16 heavy (non-hydrogen) atoms. The Bertz CT molecular complexity index is 411. The van der Waals surface area contributed by atoms with Crippen molar-refractivity contribution in [3.63, 3.8) is 0 Å². The summed E-state index contributed by atoms with van der Waals surface area (Å²) < 4.78 is 24.1. The van der Waals surface area contributed by atoms with Gasteiger partial charge in [0.15, 0.2) is 9.84 Å². The number of hydrogen-bond donors (Lipinski definition) is 1. The number of nitrogens with two attached hydrogens (primary N) is 1. The van der Waals surface area contributed by atoms with E-state index in [1.54, 1.807) is 10.9 Å². The van der Waals surface area contributed by atoms with Gasteiger partial charge < -0.3 is 5.73 Å². The van der Waals surface area contributed by atoms with Crippen LogP contribution in [0.4, 0.5) is 0 Å². The third-order valence-corrected chi connectivity index (χ3v) is 3.45. The molecule has 0 atom stereocenters. The lowest BCUT2D eigenvalue weighted by Gasteiger charge is -2.00. The zero-order chi connectivity index (χ0) is 12.0. The first-order valence-electron chi connectivity index (χ1n) is 5.46. The van der Waals surface area contributed by atoms with Crippen molar-refractivity contribution in [2.45, 2.75) is 37.1 Å². The van der Waals surface area contributed by atoms with Crippen molar-refractivity contribution in [1.29, 1.82) is 0 Å². The smallest absolute Gasteiger partial charge is 0.178 e. The highest BCUT2D eigenvalue weighted by Crippen LogP contribution is 2.07. The summed E-state index contributed by atoms with van der Waals surface area (Å²) >= 11 is 0. The summed E-state index contributed by atoms with van der Waals surface area (Å²) in [6.07, 6.45) is 8.45. The number of sulfone groups is 1. The molecule has 0 aliphatic heterocycles. The maximum absolute atomic E-state index is 11.2. The second-order valence-electron chi connectivity index (χ2n) is 3.91. The average Bonchev–Trinajstić information content (AvgIpc) is 2.65. The fraction of sp³-hybridized carbons (Fsp3) is 0.700. The summed E-state index contributed by atoms with van der Waals surface area (Å²) in [5, 5.41) is 4.01. The topological polar surface area (TPSA) is 78.0 Å².